The van der Waals surface area contributed by atoms with E-state index in [1.165, 1.54) is 7.11 Å². The quantitative estimate of drug-likeness (QED) is 0.592. The molecule has 4 nitrogen and oxygen atoms in total. The van der Waals surface area contributed by atoms with Gasteiger partial charge < -0.3 is 10.1 Å². The number of ether oxygens (including phenoxy) is 1. The monoisotopic (exact) mass is 279 g/mol. The van der Waals surface area contributed by atoms with Crippen molar-refractivity contribution in [2.24, 2.45) is 5.92 Å². The average Bonchev–Trinajstić information content (AvgIpc) is 2.24. The average molecular weight is 280 g/mol. The molecule has 0 saturated carbocycles. The van der Waals surface area contributed by atoms with Gasteiger partial charge in [-0.3, -0.25) is 4.79 Å². The lowest BCUT2D eigenvalue weighted by Crippen LogP contribution is -2.45. The van der Waals surface area contributed by atoms with Gasteiger partial charge in [0, 0.05) is 11.8 Å². The predicted molar refractivity (Wildman–Crippen MR) is 61.8 cm³/mol. The second-order valence-electron chi connectivity index (χ2n) is 3.39. The molecule has 0 spiro atoms. The molecule has 0 rings (SSSR count). The summed E-state index contributed by atoms with van der Waals surface area (Å²) in [6, 6.07) is -0.536. The minimum atomic E-state index is -0.536. The van der Waals surface area contributed by atoms with Gasteiger partial charge in [-0.2, -0.15) is 0 Å². The largest absolute Gasteiger partial charge is 0.467 e. The minimum absolute atomic E-state index is 0.0803. The summed E-state index contributed by atoms with van der Waals surface area (Å²) in [4.78, 5) is 22.7. The zero-order valence-corrected chi connectivity index (χ0v) is 11.0. The number of alkyl halides is 1. The topological polar surface area (TPSA) is 55.4 Å². The molecule has 0 aliphatic rings. The van der Waals surface area contributed by atoms with Crippen LogP contribution in [0.25, 0.3) is 0 Å². The molecule has 2 unspecified atom stereocenters. The number of esters is 1. The molecule has 0 aliphatic carbocycles. The Morgan fingerprint density at radius 2 is 2.07 bits per heavy atom. The molecule has 0 heterocycles. The highest BCUT2D eigenvalue weighted by atomic mass is 79.9. The summed E-state index contributed by atoms with van der Waals surface area (Å²) in [6.07, 6.45) is 1.18. The standard InChI is InChI=1S/C10H18BrNO3/c1-4-7(2)9(10(14)15-3)12-8(13)5-6-11/h7,9H,4-6H2,1-3H3,(H,12,13). The van der Waals surface area contributed by atoms with Gasteiger partial charge in [-0.25, -0.2) is 4.79 Å². The van der Waals surface area contributed by atoms with E-state index in [-0.39, 0.29) is 17.8 Å². The molecule has 0 bridgehead atoms. The molecule has 2 atom stereocenters. The van der Waals surface area contributed by atoms with Gasteiger partial charge in [0.15, 0.2) is 0 Å². The molecule has 15 heavy (non-hydrogen) atoms. The van der Waals surface area contributed by atoms with E-state index in [4.69, 9.17) is 0 Å². The summed E-state index contributed by atoms with van der Waals surface area (Å²) in [5.74, 6) is -0.438. The van der Waals surface area contributed by atoms with E-state index in [0.717, 1.165) is 6.42 Å². The van der Waals surface area contributed by atoms with Gasteiger partial charge in [0.05, 0.1) is 7.11 Å². The molecular weight excluding hydrogens is 262 g/mol. The molecule has 0 radical (unpaired) electrons. The summed E-state index contributed by atoms with van der Waals surface area (Å²) in [6.45, 7) is 3.88. The first kappa shape index (κ1) is 14.4. The van der Waals surface area contributed by atoms with Crippen LogP contribution in [0.5, 0.6) is 0 Å². The smallest absolute Gasteiger partial charge is 0.328 e. The van der Waals surface area contributed by atoms with Crippen LogP contribution in [0.15, 0.2) is 0 Å². The predicted octanol–water partition coefficient (Wildman–Crippen LogP) is 1.48. The van der Waals surface area contributed by atoms with Gasteiger partial charge >= 0.3 is 5.97 Å². The van der Waals surface area contributed by atoms with Gasteiger partial charge in [0.25, 0.3) is 0 Å². The third kappa shape index (κ3) is 5.16. The van der Waals surface area contributed by atoms with Crippen molar-refractivity contribution < 1.29 is 14.3 Å². The van der Waals surface area contributed by atoms with Crippen molar-refractivity contribution in [3.63, 3.8) is 0 Å². The molecule has 0 fully saturated rings. The molecule has 88 valence electrons. The summed E-state index contributed by atoms with van der Waals surface area (Å²) in [5, 5.41) is 3.27. The highest BCUT2D eigenvalue weighted by Gasteiger charge is 2.26. The summed E-state index contributed by atoms with van der Waals surface area (Å²) >= 11 is 3.17. The minimum Gasteiger partial charge on any atom is -0.467 e. The maximum Gasteiger partial charge on any atom is 0.328 e. The number of amides is 1. The van der Waals surface area contributed by atoms with E-state index in [1.807, 2.05) is 13.8 Å². The van der Waals surface area contributed by atoms with Crippen molar-refractivity contribution >= 4 is 27.8 Å². The summed E-state index contributed by atoms with van der Waals surface area (Å²) < 4.78 is 4.65. The lowest BCUT2D eigenvalue weighted by Gasteiger charge is -2.21. The van der Waals surface area contributed by atoms with E-state index in [2.05, 4.69) is 26.0 Å². The maximum atomic E-state index is 11.4. The van der Waals surface area contributed by atoms with Crippen LogP contribution in [0.4, 0.5) is 0 Å². The molecule has 1 amide bonds. The second kappa shape index (κ2) is 7.68. The van der Waals surface area contributed by atoms with Gasteiger partial charge in [-0.1, -0.05) is 36.2 Å². The Hall–Kier alpha value is -0.580. The van der Waals surface area contributed by atoms with E-state index < -0.39 is 6.04 Å². The zero-order valence-electron chi connectivity index (χ0n) is 9.38. The fourth-order valence-electron chi connectivity index (χ4n) is 1.13. The van der Waals surface area contributed by atoms with Crippen molar-refractivity contribution in [1.82, 2.24) is 5.32 Å². The van der Waals surface area contributed by atoms with Crippen molar-refractivity contribution in [2.45, 2.75) is 32.7 Å². The first-order valence-electron chi connectivity index (χ1n) is 4.99. The lowest BCUT2D eigenvalue weighted by molar-refractivity contribution is -0.146. The van der Waals surface area contributed by atoms with E-state index in [0.29, 0.717) is 11.8 Å². The summed E-state index contributed by atoms with van der Waals surface area (Å²) in [5.41, 5.74) is 0. The highest BCUT2D eigenvalue weighted by molar-refractivity contribution is 9.09. The molecule has 0 saturated heterocycles. The Kier molecular flexibility index (Phi) is 7.38. The lowest BCUT2D eigenvalue weighted by atomic mass is 9.99. The van der Waals surface area contributed by atoms with Gasteiger partial charge in [-0.15, -0.1) is 0 Å². The first-order valence-corrected chi connectivity index (χ1v) is 6.12. The van der Waals surface area contributed by atoms with Crippen LogP contribution in [0, 0.1) is 5.92 Å². The van der Waals surface area contributed by atoms with Crippen molar-refractivity contribution in [2.75, 3.05) is 12.4 Å². The molecule has 0 aromatic heterocycles. The SMILES string of the molecule is CCC(C)C(NC(=O)CCBr)C(=O)OC. The fraction of sp³-hybridized carbons (Fsp3) is 0.800. The number of halogens is 1. The van der Waals surface area contributed by atoms with E-state index in [1.54, 1.807) is 0 Å². The van der Waals surface area contributed by atoms with Crippen LogP contribution in [0.3, 0.4) is 0 Å². The summed E-state index contributed by atoms with van der Waals surface area (Å²) in [7, 11) is 1.33. The molecule has 0 aromatic rings. The van der Waals surface area contributed by atoms with Crippen LogP contribution < -0.4 is 5.32 Å². The number of carbonyl (C=O) groups is 2. The second-order valence-corrected chi connectivity index (χ2v) is 4.19. The molecule has 0 aromatic carbocycles. The number of methoxy groups -OCH3 is 1. The number of hydrogen-bond acceptors (Lipinski definition) is 3. The van der Waals surface area contributed by atoms with Crippen molar-refractivity contribution in [3.8, 4) is 0 Å². The van der Waals surface area contributed by atoms with Crippen LogP contribution in [-0.2, 0) is 14.3 Å². The Morgan fingerprint density at radius 1 is 1.47 bits per heavy atom. The Labute approximate surface area is 98.9 Å². The van der Waals surface area contributed by atoms with Crippen LogP contribution in [0.1, 0.15) is 26.7 Å². The molecular formula is C10H18BrNO3. The third-order valence-corrected chi connectivity index (χ3v) is 2.70. The normalized spacial score (nSPS) is 14.1. The van der Waals surface area contributed by atoms with Crippen molar-refractivity contribution in [1.29, 1.82) is 0 Å². The van der Waals surface area contributed by atoms with E-state index in [9.17, 15) is 9.59 Å². The number of nitrogens with one attached hydrogen (secondary N) is 1. The molecule has 5 heteroatoms. The molecule has 1 N–H and O–H groups in total. The van der Waals surface area contributed by atoms with Crippen LogP contribution >= 0.6 is 15.9 Å². The Bertz CT molecular complexity index is 221. The Morgan fingerprint density at radius 3 is 2.47 bits per heavy atom. The van der Waals surface area contributed by atoms with Gasteiger partial charge in [0.2, 0.25) is 5.91 Å². The number of hydrogen-bond donors (Lipinski definition) is 1. The van der Waals surface area contributed by atoms with E-state index >= 15 is 0 Å². The number of carbonyl (C=O) groups excluding carboxylic acids is 2. The van der Waals surface area contributed by atoms with Gasteiger partial charge in [-0.05, 0) is 5.92 Å². The molecule has 0 aliphatic heterocycles. The van der Waals surface area contributed by atoms with Crippen LogP contribution in [-0.4, -0.2) is 30.4 Å². The highest BCUT2D eigenvalue weighted by Crippen LogP contribution is 2.09. The zero-order chi connectivity index (χ0) is 11.8. The van der Waals surface area contributed by atoms with Crippen molar-refractivity contribution in [3.05, 3.63) is 0 Å². The van der Waals surface area contributed by atoms with Gasteiger partial charge in [0.1, 0.15) is 6.04 Å². The fourth-order valence-corrected chi connectivity index (χ4v) is 1.49. The maximum absolute atomic E-state index is 11.4. The Balaban J connectivity index is 4.37. The third-order valence-electron chi connectivity index (χ3n) is 2.31. The first-order chi connectivity index (χ1) is 7.06. The number of rotatable bonds is 6. The van der Waals surface area contributed by atoms with Crippen LogP contribution in [0.2, 0.25) is 0 Å².